The Bertz CT molecular complexity index is 873. The van der Waals surface area contributed by atoms with Crippen LogP contribution in [0, 0.1) is 0 Å². The van der Waals surface area contributed by atoms with Crippen molar-refractivity contribution in [1.82, 2.24) is 14.9 Å². The van der Waals surface area contributed by atoms with Gasteiger partial charge in [-0.15, -0.1) is 0 Å². The lowest BCUT2D eigenvalue weighted by molar-refractivity contribution is -0.130. The predicted molar refractivity (Wildman–Crippen MR) is 98.5 cm³/mol. The summed E-state index contributed by atoms with van der Waals surface area (Å²) in [5.41, 5.74) is 1.07. The molecule has 3 aromatic rings. The molecule has 0 bridgehead atoms. The summed E-state index contributed by atoms with van der Waals surface area (Å²) in [5, 5.41) is 2.39. The molecule has 1 amide bonds. The molecule has 0 radical (unpaired) electrons. The van der Waals surface area contributed by atoms with Crippen LogP contribution in [0.3, 0.4) is 0 Å². The fraction of sp³-hybridized carbons (Fsp3) is 0.250. The van der Waals surface area contributed by atoms with Gasteiger partial charge in [0.05, 0.1) is 12.6 Å². The molecule has 4 rings (SSSR count). The van der Waals surface area contributed by atoms with E-state index in [1.165, 1.54) is 10.8 Å². The molecule has 2 heterocycles. The number of rotatable bonds is 3. The Labute approximate surface area is 146 Å². The van der Waals surface area contributed by atoms with Gasteiger partial charge in [0.25, 0.3) is 0 Å². The van der Waals surface area contributed by atoms with Gasteiger partial charge in [-0.3, -0.25) is 9.78 Å². The van der Waals surface area contributed by atoms with Crippen LogP contribution in [0.4, 0.5) is 5.82 Å². The number of hydrogen-bond donors (Lipinski definition) is 0. The summed E-state index contributed by atoms with van der Waals surface area (Å²) < 4.78 is 0. The second kappa shape index (κ2) is 6.89. The molecule has 1 saturated heterocycles. The fourth-order valence-corrected chi connectivity index (χ4v) is 3.27. The smallest absolute Gasteiger partial charge is 0.227 e. The van der Waals surface area contributed by atoms with Gasteiger partial charge in [-0.2, -0.15) is 0 Å². The minimum atomic E-state index is 0.189. The number of benzene rings is 2. The van der Waals surface area contributed by atoms with Crippen LogP contribution in [0.15, 0.2) is 61.1 Å². The van der Waals surface area contributed by atoms with Crippen LogP contribution in [0.1, 0.15) is 5.56 Å². The predicted octanol–water partition coefficient (Wildman–Crippen LogP) is 2.52. The van der Waals surface area contributed by atoms with Crippen molar-refractivity contribution in [1.29, 1.82) is 0 Å². The molecular formula is C20H20N4O. The summed E-state index contributed by atoms with van der Waals surface area (Å²) in [6, 6.07) is 14.5. The molecule has 0 N–H and O–H groups in total. The number of fused-ring (bicyclic) bond motifs is 1. The molecule has 0 aliphatic carbocycles. The molecular weight excluding hydrogens is 312 g/mol. The van der Waals surface area contributed by atoms with E-state index in [4.69, 9.17) is 0 Å². The molecule has 1 aliphatic rings. The van der Waals surface area contributed by atoms with E-state index in [0.717, 1.165) is 37.6 Å². The Kier molecular flexibility index (Phi) is 4.29. The van der Waals surface area contributed by atoms with E-state index >= 15 is 0 Å². The van der Waals surface area contributed by atoms with Gasteiger partial charge in [-0.25, -0.2) is 4.98 Å². The summed E-state index contributed by atoms with van der Waals surface area (Å²) in [7, 11) is 0. The van der Waals surface area contributed by atoms with Crippen molar-refractivity contribution in [3.05, 3.63) is 66.6 Å². The van der Waals surface area contributed by atoms with E-state index in [9.17, 15) is 4.79 Å². The Hall–Kier alpha value is -2.95. The molecule has 5 heteroatoms. The molecule has 0 unspecified atom stereocenters. The Morgan fingerprint density at radius 3 is 2.52 bits per heavy atom. The number of anilines is 1. The third-order valence-electron chi connectivity index (χ3n) is 4.68. The van der Waals surface area contributed by atoms with Gasteiger partial charge in [-0.1, -0.05) is 42.5 Å². The molecule has 0 atom stereocenters. The van der Waals surface area contributed by atoms with Gasteiger partial charge in [0.2, 0.25) is 5.91 Å². The van der Waals surface area contributed by atoms with E-state index in [1.807, 2.05) is 17.0 Å². The number of carbonyl (C=O) groups is 1. The minimum absolute atomic E-state index is 0.189. The van der Waals surface area contributed by atoms with Crippen molar-refractivity contribution in [3.63, 3.8) is 0 Å². The Morgan fingerprint density at radius 1 is 0.960 bits per heavy atom. The summed E-state index contributed by atoms with van der Waals surface area (Å²) in [5.74, 6) is 1.07. The molecule has 1 fully saturated rings. The molecule has 0 spiro atoms. The highest BCUT2D eigenvalue weighted by Crippen LogP contribution is 2.17. The molecule has 126 valence electrons. The van der Waals surface area contributed by atoms with Crippen LogP contribution in [-0.2, 0) is 11.2 Å². The minimum Gasteiger partial charge on any atom is -0.352 e. The van der Waals surface area contributed by atoms with E-state index in [1.54, 1.807) is 18.6 Å². The van der Waals surface area contributed by atoms with Crippen molar-refractivity contribution >= 4 is 22.5 Å². The standard InChI is InChI=1S/C20H20N4O/c25-20(14-16-5-6-17-3-1-2-4-18(17)13-16)24-11-9-23(10-12-24)19-15-21-7-8-22-19/h1-8,13,15H,9-12,14H2. The highest BCUT2D eigenvalue weighted by Gasteiger charge is 2.22. The van der Waals surface area contributed by atoms with Gasteiger partial charge in [-0.05, 0) is 16.3 Å². The third-order valence-corrected chi connectivity index (χ3v) is 4.68. The van der Waals surface area contributed by atoms with Crippen LogP contribution >= 0.6 is 0 Å². The number of hydrogen-bond acceptors (Lipinski definition) is 4. The average Bonchev–Trinajstić information content (AvgIpc) is 2.69. The first kappa shape index (κ1) is 15.6. The SMILES string of the molecule is O=C(Cc1ccc2ccccc2c1)N1CCN(c2cnccn2)CC1. The number of amides is 1. The molecule has 25 heavy (non-hydrogen) atoms. The average molecular weight is 332 g/mol. The normalized spacial score (nSPS) is 14.7. The van der Waals surface area contributed by atoms with Crippen molar-refractivity contribution in [2.24, 2.45) is 0 Å². The molecule has 1 aromatic heterocycles. The first-order valence-electron chi connectivity index (χ1n) is 8.56. The van der Waals surface area contributed by atoms with Gasteiger partial charge in [0.15, 0.2) is 0 Å². The summed E-state index contributed by atoms with van der Waals surface area (Å²) in [6.45, 7) is 3.04. The maximum atomic E-state index is 12.6. The first-order valence-corrected chi connectivity index (χ1v) is 8.56. The monoisotopic (exact) mass is 332 g/mol. The van der Waals surface area contributed by atoms with Crippen LogP contribution < -0.4 is 4.90 Å². The van der Waals surface area contributed by atoms with Gasteiger partial charge < -0.3 is 9.80 Å². The highest BCUT2D eigenvalue weighted by molar-refractivity contribution is 5.85. The van der Waals surface area contributed by atoms with Crippen LogP contribution in [0.25, 0.3) is 10.8 Å². The van der Waals surface area contributed by atoms with Crippen molar-refractivity contribution < 1.29 is 4.79 Å². The topological polar surface area (TPSA) is 49.3 Å². The van der Waals surface area contributed by atoms with E-state index in [2.05, 4.69) is 45.2 Å². The second-order valence-electron chi connectivity index (χ2n) is 6.29. The van der Waals surface area contributed by atoms with Crippen molar-refractivity contribution in [3.8, 4) is 0 Å². The molecule has 2 aromatic carbocycles. The number of carbonyl (C=O) groups excluding carboxylic acids is 1. The van der Waals surface area contributed by atoms with Crippen molar-refractivity contribution in [2.45, 2.75) is 6.42 Å². The van der Waals surface area contributed by atoms with Gasteiger partial charge >= 0.3 is 0 Å². The molecule has 1 aliphatic heterocycles. The van der Waals surface area contributed by atoms with Gasteiger partial charge in [0, 0.05) is 38.6 Å². The molecule has 5 nitrogen and oxygen atoms in total. The number of nitrogens with zero attached hydrogens (tertiary/aromatic N) is 4. The Balaban J connectivity index is 1.38. The largest absolute Gasteiger partial charge is 0.352 e. The highest BCUT2D eigenvalue weighted by atomic mass is 16.2. The summed E-state index contributed by atoms with van der Waals surface area (Å²) >= 11 is 0. The molecule has 0 saturated carbocycles. The summed E-state index contributed by atoms with van der Waals surface area (Å²) in [6.07, 6.45) is 5.60. The second-order valence-corrected chi connectivity index (χ2v) is 6.29. The first-order chi connectivity index (χ1) is 12.3. The zero-order valence-corrected chi connectivity index (χ0v) is 14.0. The van der Waals surface area contributed by atoms with Crippen LogP contribution in [0.2, 0.25) is 0 Å². The lowest BCUT2D eigenvalue weighted by Gasteiger charge is -2.35. The lowest BCUT2D eigenvalue weighted by Crippen LogP contribution is -2.49. The van der Waals surface area contributed by atoms with Gasteiger partial charge in [0.1, 0.15) is 5.82 Å². The maximum absolute atomic E-state index is 12.6. The summed E-state index contributed by atoms with van der Waals surface area (Å²) in [4.78, 5) is 25.2. The van der Waals surface area contributed by atoms with E-state index in [-0.39, 0.29) is 5.91 Å². The number of aromatic nitrogens is 2. The van der Waals surface area contributed by atoms with E-state index in [0.29, 0.717) is 6.42 Å². The van der Waals surface area contributed by atoms with Crippen LogP contribution in [0.5, 0.6) is 0 Å². The zero-order valence-electron chi connectivity index (χ0n) is 14.0. The maximum Gasteiger partial charge on any atom is 0.227 e. The van der Waals surface area contributed by atoms with Crippen LogP contribution in [-0.4, -0.2) is 47.0 Å². The third kappa shape index (κ3) is 3.45. The van der Waals surface area contributed by atoms with Crippen molar-refractivity contribution in [2.75, 3.05) is 31.1 Å². The number of piperazine rings is 1. The lowest BCUT2D eigenvalue weighted by atomic mass is 10.0. The quantitative estimate of drug-likeness (QED) is 0.739. The van der Waals surface area contributed by atoms with E-state index < -0.39 is 0 Å². The fourth-order valence-electron chi connectivity index (χ4n) is 3.27. The zero-order chi connectivity index (χ0) is 17.1. The Morgan fingerprint density at radius 2 is 1.76 bits per heavy atom.